The normalized spacial score (nSPS) is 14.2. The number of hydrogen-bond acceptors (Lipinski definition) is 3. The van der Waals surface area contributed by atoms with Crippen LogP contribution in [0.4, 0.5) is 8.78 Å². The summed E-state index contributed by atoms with van der Waals surface area (Å²) in [6.45, 7) is 10.2. The third-order valence-corrected chi connectivity index (χ3v) is 7.46. The maximum atomic E-state index is 15.4. The number of unbranched alkanes of at least 4 members (excludes halogenated alkanes) is 1. The molecule has 2 aromatic heterocycles. The van der Waals surface area contributed by atoms with Crippen molar-refractivity contribution in [2.24, 2.45) is 11.3 Å². The van der Waals surface area contributed by atoms with E-state index in [0.29, 0.717) is 12.1 Å². The number of halogens is 2. The van der Waals surface area contributed by atoms with Gasteiger partial charge in [0.2, 0.25) is 0 Å². The number of nitrogens with zero attached hydrogens (tertiary/aromatic N) is 3. The molecule has 4 aromatic rings. The second-order valence-electron chi connectivity index (χ2n) is 12.2. The van der Waals surface area contributed by atoms with Gasteiger partial charge in [-0.2, -0.15) is 0 Å². The molecule has 2 aromatic carbocycles. The maximum Gasteiger partial charge on any atom is 0.131 e. The predicted octanol–water partition coefficient (Wildman–Crippen LogP) is 7.73. The minimum atomic E-state index is -0.499. The molecule has 1 aliphatic carbocycles. The van der Waals surface area contributed by atoms with E-state index >= 15 is 8.78 Å². The number of fused-ring (bicyclic) bond motifs is 3. The van der Waals surface area contributed by atoms with Crippen LogP contribution in [-0.2, 0) is 25.9 Å². The highest BCUT2D eigenvalue weighted by atomic mass is 19.1. The third-order valence-electron chi connectivity index (χ3n) is 7.46. The predicted molar refractivity (Wildman–Crippen MR) is 151 cm³/mol. The first kappa shape index (κ1) is 26.7. The molecule has 202 valence electrons. The molecule has 0 radical (unpaired) electrons. The number of hydrogen-bond donors (Lipinski definition) is 1. The molecule has 1 aliphatic rings. The van der Waals surface area contributed by atoms with Gasteiger partial charge in [0.25, 0.3) is 0 Å². The molecule has 0 aliphatic heterocycles. The van der Waals surface area contributed by atoms with Gasteiger partial charge in [0, 0.05) is 23.9 Å². The lowest BCUT2D eigenvalue weighted by atomic mass is 9.89. The van der Waals surface area contributed by atoms with Crippen molar-refractivity contribution < 1.29 is 8.78 Å². The van der Waals surface area contributed by atoms with Gasteiger partial charge in [-0.25, -0.2) is 13.8 Å². The number of rotatable bonds is 11. The molecule has 0 spiro atoms. The van der Waals surface area contributed by atoms with Crippen molar-refractivity contribution in [1.29, 1.82) is 0 Å². The Morgan fingerprint density at radius 1 is 1.05 bits per heavy atom. The highest BCUT2D eigenvalue weighted by Gasteiger charge is 2.24. The second-order valence-corrected chi connectivity index (χ2v) is 12.2. The number of benzene rings is 2. The fourth-order valence-corrected chi connectivity index (χ4v) is 5.28. The molecule has 1 saturated carbocycles. The monoisotopic (exact) mass is 518 g/mol. The van der Waals surface area contributed by atoms with Gasteiger partial charge in [-0.1, -0.05) is 65.2 Å². The van der Waals surface area contributed by atoms with Gasteiger partial charge < -0.3 is 9.88 Å². The smallest absolute Gasteiger partial charge is 0.131 e. The summed E-state index contributed by atoms with van der Waals surface area (Å²) in [5, 5.41) is 4.30. The van der Waals surface area contributed by atoms with E-state index in [4.69, 9.17) is 9.97 Å². The number of imidazole rings is 1. The summed E-state index contributed by atoms with van der Waals surface area (Å²) >= 11 is 0. The zero-order valence-electron chi connectivity index (χ0n) is 23.2. The minimum absolute atomic E-state index is 0.0243. The van der Waals surface area contributed by atoms with Crippen LogP contribution in [0.1, 0.15) is 82.4 Å². The summed E-state index contributed by atoms with van der Waals surface area (Å²) in [5.41, 5.74) is 4.35. The van der Waals surface area contributed by atoms with Crippen molar-refractivity contribution >= 4 is 21.9 Å². The number of nitrogens with one attached hydrogen (secondary N) is 1. The fourth-order valence-electron chi connectivity index (χ4n) is 5.28. The SMILES string of the molecule is CCCCc1nc2c(CC(C)(C)C)nc3ccccc3c2n1Cc1c(F)cc(CNCCC2CC2)cc1F. The number of aryl methyl sites for hydroxylation is 1. The van der Waals surface area contributed by atoms with E-state index in [9.17, 15) is 0 Å². The van der Waals surface area contributed by atoms with Crippen molar-refractivity contribution in [2.75, 3.05) is 6.54 Å². The Morgan fingerprint density at radius 3 is 2.47 bits per heavy atom. The molecular formula is C32H40F2N4. The second kappa shape index (κ2) is 11.1. The molecule has 0 amide bonds. The Hall–Kier alpha value is -2.86. The molecule has 5 rings (SSSR count). The molecule has 0 bridgehead atoms. The van der Waals surface area contributed by atoms with Crippen LogP contribution in [0, 0.1) is 23.0 Å². The van der Waals surface area contributed by atoms with Gasteiger partial charge >= 0.3 is 0 Å². The maximum absolute atomic E-state index is 15.4. The lowest BCUT2D eigenvalue weighted by Gasteiger charge is -2.18. The van der Waals surface area contributed by atoms with Crippen LogP contribution in [0.3, 0.4) is 0 Å². The number of para-hydroxylation sites is 1. The third kappa shape index (κ3) is 6.06. The molecule has 1 fully saturated rings. The van der Waals surface area contributed by atoms with Crippen LogP contribution in [0.2, 0.25) is 0 Å². The lowest BCUT2D eigenvalue weighted by molar-refractivity contribution is 0.408. The quantitative estimate of drug-likeness (QED) is 0.207. The topological polar surface area (TPSA) is 42.7 Å². The van der Waals surface area contributed by atoms with Crippen LogP contribution in [0.15, 0.2) is 36.4 Å². The molecule has 0 atom stereocenters. The summed E-state index contributed by atoms with van der Waals surface area (Å²) in [6, 6.07) is 11.0. The van der Waals surface area contributed by atoms with Gasteiger partial charge in [0.05, 0.1) is 23.3 Å². The largest absolute Gasteiger partial charge is 0.323 e. The van der Waals surface area contributed by atoms with Crippen molar-refractivity contribution in [3.8, 4) is 0 Å². The van der Waals surface area contributed by atoms with Gasteiger partial charge in [0.1, 0.15) is 23.0 Å². The minimum Gasteiger partial charge on any atom is -0.323 e. The summed E-state index contributed by atoms with van der Waals surface area (Å²) in [4.78, 5) is 10.1. The summed E-state index contributed by atoms with van der Waals surface area (Å²) in [7, 11) is 0. The average molecular weight is 519 g/mol. The number of aromatic nitrogens is 3. The molecule has 0 saturated heterocycles. The van der Waals surface area contributed by atoms with Crippen LogP contribution in [-0.4, -0.2) is 21.1 Å². The first-order valence-corrected chi connectivity index (χ1v) is 14.2. The summed E-state index contributed by atoms with van der Waals surface area (Å²) in [5.74, 6) is 0.696. The van der Waals surface area contributed by atoms with Gasteiger partial charge in [0.15, 0.2) is 0 Å². The molecule has 2 heterocycles. The van der Waals surface area contributed by atoms with E-state index in [1.807, 2.05) is 28.8 Å². The highest BCUT2D eigenvalue weighted by molar-refractivity contribution is 6.03. The van der Waals surface area contributed by atoms with Gasteiger partial charge in [-0.15, -0.1) is 0 Å². The zero-order chi connectivity index (χ0) is 26.9. The van der Waals surface area contributed by atoms with E-state index in [2.05, 4.69) is 33.0 Å². The Labute approximate surface area is 224 Å². The molecular weight excluding hydrogens is 478 g/mol. The first-order valence-electron chi connectivity index (χ1n) is 14.2. The Kier molecular flexibility index (Phi) is 7.80. The summed E-state index contributed by atoms with van der Waals surface area (Å²) in [6.07, 6.45) is 7.25. The zero-order valence-corrected chi connectivity index (χ0v) is 23.2. The van der Waals surface area contributed by atoms with Crippen LogP contribution in [0.25, 0.3) is 21.9 Å². The number of pyridine rings is 1. The molecule has 38 heavy (non-hydrogen) atoms. The van der Waals surface area contributed by atoms with E-state index < -0.39 is 11.6 Å². The van der Waals surface area contributed by atoms with Crippen molar-refractivity contribution in [3.63, 3.8) is 0 Å². The lowest BCUT2D eigenvalue weighted by Crippen LogP contribution is -2.16. The van der Waals surface area contributed by atoms with E-state index in [-0.39, 0.29) is 17.5 Å². The highest BCUT2D eigenvalue weighted by Crippen LogP contribution is 2.33. The van der Waals surface area contributed by atoms with Gasteiger partial charge in [-0.3, -0.25) is 4.98 Å². The molecule has 6 heteroatoms. The Balaban J connectivity index is 1.55. The van der Waals surface area contributed by atoms with Crippen LogP contribution >= 0.6 is 0 Å². The Morgan fingerprint density at radius 2 is 1.79 bits per heavy atom. The van der Waals surface area contributed by atoms with Crippen LogP contribution in [0.5, 0.6) is 0 Å². The van der Waals surface area contributed by atoms with Crippen molar-refractivity contribution in [3.05, 3.63) is 70.7 Å². The van der Waals surface area contributed by atoms with E-state index in [1.165, 1.54) is 25.0 Å². The van der Waals surface area contributed by atoms with Gasteiger partial charge in [-0.05, 0) is 60.9 Å². The summed E-state index contributed by atoms with van der Waals surface area (Å²) < 4.78 is 32.9. The van der Waals surface area contributed by atoms with E-state index in [1.54, 1.807) is 0 Å². The fraction of sp³-hybridized carbons (Fsp3) is 0.500. The van der Waals surface area contributed by atoms with Crippen LogP contribution < -0.4 is 5.32 Å². The van der Waals surface area contributed by atoms with E-state index in [0.717, 1.165) is 78.0 Å². The van der Waals surface area contributed by atoms with Crippen molar-refractivity contribution in [1.82, 2.24) is 19.9 Å². The molecule has 4 nitrogen and oxygen atoms in total. The first-order chi connectivity index (χ1) is 18.2. The standard InChI is InChI=1S/C32H40F2N4/c1-5-6-11-29-37-30-28(18-32(2,3)4)36-27-10-8-7-9-23(27)31(30)38(29)20-24-25(33)16-22(17-26(24)34)19-35-15-14-21-12-13-21/h7-10,16-17,21,35H,5-6,11-15,18-20H2,1-4H3. The Bertz CT molecular complexity index is 1410. The van der Waals surface area contributed by atoms with Crippen molar-refractivity contribution in [2.45, 2.75) is 85.7 Å². The molecule has 0 unspecified atom stereocenters. The molecule has 1 N–H and O–H groups in total. The average Bonchev–Trinajstić information content (AvgIpc) is 3.61.